The summed E-state index contributed by atoms with van der Waals surface area (Å²) in [6.45, 7) is 3.51. The first kappa shape index (κ1) is 18.7. The number of likely N-dealkylation sites (tertiary alicyclic amines) is 1. The molecule has 2 amide bonds. The highest BCUT2D eigenvalue weighted by Crippen LogP contribution is 2.17. The Balaban J connectivity index is 1.36. The number of hydrogen-bond acceptors (Lipinski definition) is 4. The van der Waals surface area contributed by atoms with E-state index in [0.29, 0.717) is 25.5 Å². The first-order valence-electron chi connectivity index (χ1n) is 9.69. The molecule has 3 rings (SSSR count). The van der Waals surface area contributed by atoms with Crippen LogP contribution in [-0.4, -0.2) is 55.5 Å². The molecular weight excluding hydrogens is 330 g/mol. The standard InChI is InChI=1S/C20H29N3O3/c24-19(10-13-26-17-7-2-1-3-8-17)23-12-5-6-16(15-23)14-22-20(25)18-9-4-11-21-18/h1-3,7-8,16,18,21H,4-6,9-15H2,(H,22,25). The van der Waals surface area contributed by atoms with Crippen molar-refractivity contribution in [2.45, 2.75) is 38.1 Å². The summed E-state index contributed by atoms with van der Waals surface area (Å²) in [7, 11) is 0. The van der Waals surface area contributed by atoms with E-state index in [0.717, 1.165) is 51.1 Å². The van der Waals surface area contributed by atoms with Gasteiger partial charge in [-0.1, -0.05) is 18.2 Å². The van der Waals surface area contributed by atoms with Crippen molar-refractivity contribution in [1.82, 2.24) is 15.5 Å². The van der Waals surface area contributed by atoms with Gasteiger partial charge in [-0.2, -0.15) is 0 Å². The molecule has 0 spiro atoms. The zero-order valence-electron chi connectivity index (χ0n) is 15.3. The Bertz CT molecular complexity index is 587. The van der Waals surface area contributed by atoms with E-state index in [4.69, 9.17) is 4.74 Å². The van der Waals surface area contributed by atoms with Crippen molar-refractivity contribution in [3.05, 3.63) is 30.3 Å². The predicted octanol–water partition coefficient (Wildman–Crippen LogP) is 1.56. The Morgan fingerprint density at radius 3 is 2.81 bits per heavy atom. The molecule has 1 aromatic carbocycles. The third-order valence-electron chi connectivity index (χ3n) is 5.14. The van der Waals surface area contributed by atoms with Crippen LogP contribution in [0.5, 0.6) is 5.75 Å². The van der Waals surface area contributed by atoms with E-state index in [1.807, 2.05) is 35.2 Å². The highest BCUT2D eigenvalue weighted by atomic mass is 16.5. The molecule has 2 heterocycles. The molecule has 0 aromatic heterocycles. The zero-order valence-corrected chi connectivity index (χ0v) is 15.3. The summed E-state index contributed by atoms with van der Waals surface area (Å²) in [5.74, 6) is 1.37. The Labute approximate surface area is 155 Å². The topological polar surface area (TPSA) is 70.7 Å². The Morgan fingerprint density at radius 1 is 1.19 bits per heavy atom. The number of piperidine rings is 1. The molecule has 2 fully saturated rings. The van der Waals surface area contributed by atoms with Gasteiger partial charge in [0, 0.05) is 19.6 Å². The van der Waals surface area contributed by atoms with Crippen molar-refractivity contribution >= 4 is 11.8 Å². The molecule has 2 aliphatic rings. The number of amides is 2. The fourth-order valence-electron chi connectivity index (χ4n) is 3.67. The van der Waals surface area contributed by atoms with Gasteiger partial charge < -0.3 is 20.3 Å². The average Bonchev–Trinajstić information content (AvgIpc) is 3.22. The second-order valence-corrected chi connectivity index (χ2v) is 7.15. The lowest BCUT2D eigenvalue weighted by atomic mass is 9.97. The van der Waals surface area contributed by atoms with Crippen LogP contribution < -0.4 is 15.4 Å². The minimum absolute atomic E-state index is 0.0357. The Morgan fingerprint density at radius 2 is 2.04 bits per heavy atom. The third-order valence-corrected chi connectivity index (χ3v) is 5.14. The van der Waals surface area contributed by atoms with E-state index < -0.39 is 0 Å². The van der Waals surface area contributed by atoms with Crippen molar-refractivity contribution in [1.29, 1.82) is 0 Å². The van der Waals surface area contributed by atoms with Crippen LogP contribution in [0.4, 0.5) is 0 Å². The molecule has 142 valence electrons. The molecule has 0 aliphatic carbocycles. The fraction of sp³-hybridized carbons (Fsp3) is 0.600. The highest BCUT2D eigenvalue weighted by molar-refractivity contribution is 5.82. The summed E-state index contributed by atoms with van der Waals surface area (Å²) in [6, 6.07) is 9.52. The molecular formula is C20H29N3O3. The maximum atomic E-state index is 12.4. The molecule has 6 heteroatoms. The SMILES string of the molecule is O=C(NCC1CCCN(C(=O)CCOc2ccccc2)C1)C1CCCN1. The molecule has 0 bridgehead atoms. The van der Waals surface area contributed by atoms with Gasteiger partial charge in [-0.15, -0.1) is 0 Å². The van der Waals surface area contributed by atoms with Gasteiger partial charge in [-0.25, -0.2) is 0 Å². The van der Waals surface area contributed by atoms with Crippen LogP contribution in [0, 0.1) is 5.92 Å². The number of para-hydroxylation sites is 1. The van der Waals surface area contributed by atoms with Gasteiger partial charge in [0.2, 0.25) is 11.8 Å². The third kappa shape index (κ3) is 5.46. The first-order chi connectivity index (χ1) is 12.7. The monoisotopic (exact) mass is 359 g/mol. The molecule has 6 nitrogen and oxygen atoms in total. The maximum Gasteiger partial charge on any atom is 0.237 e. The van der Waals surface area contributed by atoms with E-state index in [9.17, 15) is 9.59 Å². The van der Waals surface area contributed by atoms with E-state index in [2.05, 4.69) is 10.6 Å². The Kier molecular flexibility index (Phi) is 6.89. The lowest BCUT2D eigenvalue weighted by Crippen LogP contribution is -2.46. The van der Waals surface area contributed by atoms with Gasteiger partial charge >= 0.3 is 0 Å². The van der Waals surface area contributed by atoms with E-state index in [-0.39, 0.29) is 17.9 Å². The van der Waals surface area contributed by atoms with Crippen molar-refractivity contribution in [3.8, 4) is 5.75 Å². The number of nitrogens with zero attached hydrogens (tertiary/aromatic N) is 1. The van der Waals surface area contributed by atoms with Gasteiger partial charge in [-0.3, -0.25) is 9.59 Å². The van der Waals surface area contributed by atoms with Gasteiger partial charge in [0.05, 0.1) is 19.1 Å². The van der Waals surface area contributed by atoms with E-state index in [1.54, 1.807) is 0 Å². The molecule has 2 N–H and O–H groups in total. The molecule has 26 heavy (non-hydrogen) atoms. The van der Waals surface area contributed by atoms with Crippen LogP contribution in [0.1, 0.15) is 32.1 Å². The molecule has 1 aromatic rings. The van der Waals surface area contributed by atoms with Gasteiger partial charge in [0.1, 0.15) is 5.75 Å². The summed E-state index contributed by atoms with van der Waals surface area (Å²) in [5, 5.41) is 6.27. The summed E-state index contributed by atoms with van der Waals surface area (Å²) in [4.78, 5) is 26.5. The Hall–Kier alpha value is -2.08. The molecule has 0 saturated carbocycles. The van der Waals surface area contributed by atoms with Crippen LogP contribution in [-0.2, 0) is 9.59 Å². The summed E-state index contributed by atoms with van der Waals surface area (Å²) >= 11 is 0. The second kappa shape index (κ2) is 9.57. The lowest BCUT2D eigenvalue weighted by Gasteiger charge is -2.33. The normalized spacial score (nSPS) is 22.8. The van der Waals surface area contributed by atoms with Crippen LogP contribution in [0.3, 0.4) is 0 Å². The van der Waals surface area contributed by atoms with Gasteiger partial charge in [0.15, 0.2) is 0 Å². The summed E-state index contributed by atoms with van der Waals surface area (Å²) in [6.07, 6.45) is 4.42. The van der Waals surface area contributed by atoms with Crippen molar-refractivity contribution in [2.75, 3.05) is 32.8 Å². The number of nitrogens with one attached hydrogen (secondary N) is 2. The van der Waals surface area contributed by atoms with E-state index >= 15 is 0 Å². The summed E-state index contributed by atoms with van der Waals surface area (Å²) in [5.41, 5.74) is 0. The van der Waals surface area contributed by atoms with Crippen LogP contribution >= 0.6 is 0 Å². The smallest absolute Gasteiger partial charge is 0.237 e. The van der Waals surface area contributed by atoms with Crippen molar-refractivity contribution in [2.24, 2.45) is 5.92 Å². The van der Waals surface area contributed by atoms with Crippen LogP contribution in [0.2, 0.25) is 0 Å². The number of carbonyl (C=O) groups excluding carboxylic acids is 2. The molecule has 2 unspecified atom stereocenters. The minimum Gasteiger partial charge on any atom is -0.493 e. The highest BCUT2D eigenvalue weighted by Gasteiger charge is 2.26. The van der Waals surface area contributed by atoms with Gasteiger partial charge in [0.25, 0.3) is 0 Å². The quantitative estimate of drug-likeness (QED) is 0.775. The molecule has 0 radical (unpaired) electrons. The minimum atomic E-state index is -0.0357. The lowest BCUT2D eigenvalue weighted by molar-refractivity contribution is -0.133. The second-order valence-electron chi connectivity index (χ2n) is 7.15. The van der Waals surface area contributed by atoms with Crippen LogP contribution in [0.15, 0.2) is 30.3 Å². The first-order valence-corrected chi connectivity index (χ1v) is 9.69. The van der Waals surface area contributed by atoms with E-state index in [1.165, 1.54) is 0 Å². The molecule has 2 saturated heterocycles. The largest absolute Gasteiger partial charge is 0.493 e. The predicted molar refractivity (Wildman–Crippen MR) is 99.9 cm³/mol. The van der Waals surface area contributed by atoms with Crippen molar-refractivity contribution in [3.63, 3.8) is 0 Å². The number of ether oxygens (including phenoxy) is 1. The molecule has 2 atom stereocenters. The number of benzene rings is 1. The van der Waals surface area contributed by atoms with Crippen molar-refractivity contribution < 1.29 is 14.3 Å². The fourth-order valence-corrected chi connectivity index (χ4v) is 3.67. The number of rotatable bonds is 7. The van der Waals surface area contributed by atoms with Crippen LogP contribution in [0.25, 0.3) is 0 Å². The average molecular weight is 359 g/mol. The number of hydrogen-bond donors (Lipinski definition) is 2. The maximum absolute atomic E-state index is 12.4. The zero-order chi connectivity index (χ0) is 18.2. The summed E-state index contributed by atoms with van der Waals surface area (Å²) < 4.78 is 5.62. The molecule has 2 aliphatic heterocycles. The van der Waals surface area contributed by atoms with Gasteiger partial charge in [-0.05, 0) is 50.3 Å². The number of carbonyl (C=O) groups is 2.